The number of hydrogen-bond acceptors (Lipinski definition) is 6. The Bertz CT molecular complexity index is 742. The van der Waals surface area contributed by atoms with E-state index in [0.29, 0.717) is 36.3 Å². The maximum atomic E-state index is 5.49. The lowest BCUT2D eigenvalue weighted by Crippen LogP contribution is -2.36. The van der Waals surface area contributed by atoms with Crippen molar-refractivity contribution in [3.8, 4) is 17.2 Å². The van der Waals surface area contributed by atoms with Crippen molar-refractivity contribution in [1.29, 1.82) is 0 Å². The summed E-state index contributed by atoms with van der Waals surface area (Å²) in [5, 5.41) is 7.61. The second-order valence-corrected chi connectivity index (χ2v) is 6.83. The summed E-state index contributed by atoms with van der Waals surface area (Å²) in [6.45, 7) is 5.97. The molecule has 2 aromatic rings. The molecule has 0 amide bonds. The van der Waals surface area contributed by atoms with Crippen LogP contribution in [-0.4, -0.2) is 38.8 Å². The predicted molar refractivity (Wildman–Crippen MR) is 125 cm³/mol. The van der Waals surface area contributed by atoms with Crippen LogP contribution in [0.2, 0.25) is 0 Å². The first kappa shape index (κ1) is 24.3. The summed E-state index contributed by atoms with van der Waals surface area (Å²) in [4.78, 5) is 10.4. The zero-order valence-corrected chi connectivity index (χ0v) is 20.1. The van der Waals surface area contributed by atoms with Gasteiger partial charge in [0, 0.05) is 29.8 Å². The summed E-state index contributed by atoms with van der Waals surface area (Å²) in [5.41, 5.74) is 0.862. The maximum Gasteiger partial charge on any atom is 0.191 e. The number of thiazole rings is 1. The summed E-state index contributed by atoms with van der Waals surface area (Å²) < 4.78 is 16.3. The molecule has 156 valence electrons. The lowest BCUT2D eigenvalue weighted by Gasteiger charge is -2.15. The molecule has 2 N–H and O–H groups in total. The molecule has 0 radical (unpaired) electrons. The molecule has 0 saturated heterocycles. The van der Waals surface area contributed by atoms with Crippen LogP contribution in [0.5, 0.6) is 17.2 Å². The van der Waals surface area contributed by atoms with Gasteiger partial charge in [-0.1, -0.05) is 6.92 Å². The first-order chi connectivity index (χ1) is 13.1. The van der Waals surface area contributed by atoms with Gasteiger partial charge in [0.05, 0.1) is 40.0 Å². The average Bonchev–Trinajstić information content (AvgIpc) is 3.17. The lowest BCUT2D eigenvalue weighted by molar-refractivity contribution is 0.369. The minimum atomic E-state index is 0. The number of halogens is 1. The molecule has 2 rings (SSSR count). The van der Waals surface area contributed by atoms with Crippen molar-refractivity contribution in [2.24, 2.45) is 4.99 Å². The first-order valence-corrected chi connectivity index (χ1v) is 9.71. The Hall–Kier alpha value is -1.75. The van der Waals surface area contributed by atoms with E-state index >= 15 is 0 Å². The summed E-state index contributed by atoms with van der Waals surface area (Å²) >= 11 is 1.71. The molecule has 0 fully saturated rings. The number of hydrogen-bond donors (Lipinski definition) is 2. The van der Waals surface area contributed by atoms with Gasteiger partial charge in [0.15, 0.2) is 5.96 Å². The Labute approximate surface area is 187 Å². The van der Waals surface area contributed by atoms with E-state index in [1.165, 1.54) is 4.88 Å². The molecular weight excluding hydrogens is 491 g/mol. The van der Waals surface area contributed by atoms with Crippen molar-refractivity contribution >= 4 is 41.3 Å². The predicted octanol–water partition coefficient (Wildman–Crippen LogP) is 3.60. The molecule has 0 bridgehead atoms. The number of nitrogens with zero attached hydrogens (tertiary/aromatic N) is 2. The summed E-state index contributed by atoms with van der Waals surface area (Å²) in [6, 6.07) is 3.66. The summed E-state index contributed by atoms with van der Waals surface area (Å²) in [6.07, 6.45) is 2.93. The highest BCUT2D eigenvalue weighted by Crippen LogP contribution is 2.34. The number of aromatic nitrogens is 1. The van der Waals surface area contributed by atoms with E-state index in [4.69, 9.17) is 14.2 Å². The quantitative estimate of drug-likeness (QED) is 0.299. The molecule has 1 heterocycles. The van der Waals surface area contributed by atoms with E-state index in [-0.39, 0.29) is 24.0 Å². The second kappa shape index (κ2) is 12.7. The van der Waals surface area contributed by atoms with Gasteiger partial charge in [-0.25, -0.2) is 9.98 Å². The van der Waals surface area contributed by atoms with Crippen LogP contribution in [0.25, 0.3) is 0 Å². The number of nitrogens with one attached hydrogen (secondary N) is 2. The van der Waals surface area contributed by atoms with Gasteiger partial charge in [-0.15, -0.1) is 35.3 Å². The fourth-order valence-corrected chi connectivity index (χ4v) is 3.29. The van der Waals surface area contributed by atoms with Crippen LogP contribution in [0.3, 0.4) is 0 Å². The van der Waals surface area contributed by atoms with Crippen LogP contribution in [-0.2, 0) is 19.5 Å². The molecule has 28 heavy (non-hydrogen) atoms. The monoisotopic (exact) mass is 520 g/mol. The molecule has 0 aliphatic carbocycles. The second-order valence-electron chi connectivity index (χ2n) is 5.63. The number of rotatable bonds is 9. The third-order valence-electron chi connectivity index (χ3n) is 3.91. The average molecular weight is 520 g/mol. The Kier molecular flexibility index (Phi) is 11.0. The molecular formula is C19H29IN4O3S. The third-order valence-corrected chi connectivity index (χ3v) is 5.06. The number of methoxy groups -OCH3 is 3. The van der Waals surface area contributed by atoms with Crippen molar-refractivity contribution < 1.29 is 14.2 Å². The molecule has 0 spiro atoms. The van der Waals surface area contributed by atoms with Crippen LogP contribution < -0.4 is 24.8 Å². The van der Waals surface area contributed by atoms with E-state index in [0.717, 1.165) is 23.5 Å². The molecule has 0 atom stereocenters. The highest BCUT2D eigenvalue weighted by molar-refractivity contribution is 14.0. The van der Waals surface area contributed by atoms with Crippen LogP contribution in [0.1, 0.15) is 29.3 Å². The topological polar surface area (TPSA) is 77.0 Å². The Balaban J connectivity index is 0.00000392. The highest BCUT2D eigenvalue weighted by atomic mass is 127. The van der Waals surface area contributed by atoms with E-state index in [9.17, 15) is 0 Å². The van der Waals surface area contributed by atoms with Crippen molar-refractivity contribution in [3.63, 3.8) is 0 Å². The SMILES string of the molecule is CCNC(=NCc1c(OC)cc(OC)cc1OC)NCc1ncc(CC)s1.I. The number of guanidine groups is 1. The molecule has 0 aliphatic heterocycles. The normalized spacial score (nSPS) is 10.8. The highest BCUT2D eigenvalue weighted by Gasteiger charge is 2.13. The van der Waals surface area contributed by atoms with Gasteiger partial charge in [-0.05, 0) is 13.3 Å². The van der Waals surface area contributed by atoms with Gasteiger partial charge in [-0.2, -0.15) is 0 Å². The van der Waals surface area contributed by atoms with E-state index < -0.39 is 0 Å². The number of aryl methyl sites for hydroxylation is 1. The largest absolute Gasteiger partial charge is 0.496 e. The minimum absolute atomic E-state index is 0. The zero-order chi connectivity index (χ0) is 19.6. The third kappa shape index (κ3) is 6.69. The van der Waals surface area contributed by atoms with Crippen LogP contribution in [0.4, 0.5) is 0 Å². The smallest absolute Gasteiger partial charge is 0.191 e. The van der Waals surface area contributed by atoms with Crippen molar-refractivity contribution in [2.45, 2.75) is 33.4 Å². The minimum Gasteiger partial charge on any atom is -0.496 e. The molecule has 0 unspecified atom stereocenters. The Morgan fingerprint density at radius 3 is 2.25 bits per heavy atom. The van der Waals surface area contributed by atoms with Gasteiger partial charge in [0.1, 0.15) is 22.3 Å². The maximum absolute atomic E-state index is 5.49. The van der Waals surface area contributed by atoms with E-state index in [1.54, 1.807) is 32.7 Å². The zero-order valence-electron chi connectivity index (χ0n) is 17.0. The molecule has 9 heteroatoms. The molecule has 7 nitrogen and oxygen atoms in total. The molecule has 1 aromatic heterocycles. The van der Waals surface area contributed by atoms with Crippen LogP contribution in [0.15, 0.2) is 23.3 Å². The van der Waals surface area contributed by atoms with Gasteiger partial charge in [-0.3, -0.25) is 0 Å². The van der Waals surface area contributed by atoms with Gasteiger partial charge < -0.3 is 24.8 Å². The van der Waals surface area contributed by atoms with E-state index in [1.807, 2.05) is 25.3 Å². The first-order valence-electron chi connectivity index (χ1n) is 8.89. The van der Waals surface area contributed by atoms with Crippen LogP contribution >= 0.6 is 35.3 Å². The summed E-state index contributed by atoms with van der Waals surface area (Å²) in [7, 11) is 4.86. The van der Waals surface area contributed by atoms with Crippen LogP contribution in [0, 0.1) is 0 Å². The van der Waals surface area contributed by atoms with E-state index in [2.05, 4.69) is 27.5 Å². The van der Waals surface area contributed by atoms with Crippen molar-refractivity contribution in [3.05, 3.63) is 33.8 Å². The molecule has 0 aliphatic rings. The standard InChI is InChI=1S/C19H28N4O3S.HI/c1-6-14-10-21-18(27-14)12-23-19(20-7-2)22-11-15-16(25-4)8-13(24-3)9-17(15)26-5;/h8-10H,6-7,11-12H2,1-5H3,(H2,20,22,23);1H. The lowest BCUT2D eigenvalue weighted by atomic mass is 10.1. The Morgan fingerprint density at radius 2 is 1.75 bits per heavy atom. The molecule has 1 aromatic carbocycles. The number of benzene rings is 1. The van der Waals surface area contributed by atoms with Crippen molar-refractivity contribution in [2.75, 3.05) is 27.9 Å². The fraction of sp³-hybridized carbons (Fsp3) is 0.474. The van der Waals surface area contributed by atoms with Gasteiger partial charge >= 0.3 is 0 Å². The number of aliphatic imine (C=N–C) groups is 1. The summed E-state index contributed by atoms with van der Waals surface area (Å²) in [5.74, 6) is 2.75. The van der Waals surface area contributed by atoms with Gasteiger partial charge in [0.2, 0.25) is 0 Å². The fourth-order valence-electron chi connectivity index (χ4n) is 2.49. The van der Waals surface area contributed by atoms with Gasteiger partial charge in [0.25, 0.3) is 0 Å². The molecule has 0 saturated carbocycles. The van der Waals surface area contributed by atoms with Crippen molar-refractivity contribution in [1.82, 2.24) is 15.6 Å². The number of ether oxygens (including phenoxy) is 3. The Morgan fingerprint density at radius 1 is 1.07 bits per heavy atom.